The van der Waals surface area contributed by atoms with Crippen LogP contribution in [-0.2, 0) is 15.7 Å². The number of ether oxygens (including phenoxy) is 1. The van der Waals surface area contributed by atoms with Gasteiger partial charge in [-0.3, -0.25) is 14.9 Å². The van der Waals surface area contributed by atoms with Crippen LogP contribution in [0.4, 0.5) is 13.2 Å². The number of rotatable bonds is 4. The topological polar surface area (TPSA) is 82.2 Å². The molecule has 96 valence electrons. The zero-order valence-electron chi connectivity index (χ0n) is 8.86. The molecule has 0 radical (unpaired) electrons. The summed E-state index contributed by atoms with van der Waals surface area (Å²) in [5.74, 6) is 4.22. The fraction of sp³-hybridized carbons (Fsp3) is 0.500. The lowest BCUT2D eigenvalue weighted by molar-refractivity contribution is -0.142. The molecule has 0 bridgehead atoms. The van der Waals surface area contributed by atoms with Crippen molar-refractivity contribution in [2.45, 2.75) is 12.2 Å². The standard InChI is InChI=1S/C8H11F3N4O2/c1-17-4-5(7(16)13-12)15-3-2-6(14-15)8(9,10)11/h2-3,5H,4,12H2,1H3,(H,13,16). The highest BCUT2D eigenvalue weighted by Gasteiger charge is 2.34. The molecule has 6 nitrogen and oxygen atoms in total. The largest absolute Gasteiger partial charge is 0.435 e. The van der Waals surface area contributed by atoms with Crippen LogP contribution in [0.2, 0.25) is 0 Å². The van der Waals surface area contributed by atoms with E-state index in [1.165, 1.54) is 7.11 Å². The van der Waals surface area contributed by atoms with Gasteiger partial charge in [0.15, 0.2) is 11.7 Å². The average molecular weight is 252 g/mol. The number of methoxy groups -OCH3 is 1. The van der Waals surface area contributed by atoms with Gasteiger partial charge < -0.3 is 4.74 Å². The van der Waals surface area contributed by atoms with Gasteiger partial charge in [0, 0.05) is 13.3 Å². The number of hydrazine groups is 1. The first-order chi connectivity index (χ1) is 7.90. The van der Waals surface area contributed by atoms with Gasteiger partial charge in [-0.2, -0.15) is 18.3 Å². The third kappa shape index (κ3) is 3.17. The number of nitrogens with one attached hydrogen (secondary N) is 1. The molecule has 1 rings (SSSR count). The molecule has 1 unspecified atom stereocenters. The molecular weight excluding hydrogens is 241 g/mol. The molecule has 17 heavy (non-hydrogen) atoms. The minimum absolute atomic E-state index is 0.137. The summed E-state index contributed by atoms with van der Waals surface area (Å²) in [6.45, 7) is -0.137. The van der Waals surface area contributed by atoms with Crippen LogP contribution in [0.3, 0.4) is 0 Å². The van der Waals surface area contributed by atoms with Crippen molar-refractivity contribution in [1.82, 2.24) is 15.2 Å². The first kappa shape index (κ1) is 13.5. The van der Waals surface area contributed by atoms with Gasteiger partial charge in [-0.1, -0.05) is 0 Å². The maximum Gasteiger partial charge on any atom is 0.435 e. The lowest BCUT2D eigenvalue weighted by Crippen LogP contribution is -2.39. The summed E-state index contributed by atoms with van der Waals surface area (Å²) in [6.07, 6.45) is -3.51. The van der Waals surface area contributed by atoms with Gasteiger partial charge in [0.25, 0.3) is 5.91 Å². The van der Waals surface area contributed by atoms with Gasteiger partial charge >= 0.3 is 6.18 Å². The zero-order valence-corrected chi connectivity index (χ0v) is 8.86. The van der Waals surface area contributed by atoms with Crippen molar-refractivity contribution < 1.29 is 22.7 Å². The SMILES string of the molecule is COCC(C(=O)NN)n1ccc(C(F)(F)F)n1. The van der Waals surface area contributed by atoms with E-state index in [0.29, 0.717) is 0 Å². The number of carbonyl (C=O) groups excluding carboxylic acids is 1. The molecule has 1 aromatic rings. The van der Waals surface area contributed by atoms with E-state index in [1.807, 2.05) is 5.43 Å². The highest BCUT2D eigenvalue weighted by Crippen LogP contribution is 2.27. The molecule has 0 fully saturated rings. The lowest BCUT2D eigenvalue weighted by atomic mass is 10.3. The van der Waals surface area contributed by atoms with E-state index >= 15 is 0 Å². The summed E-state index contributed by atoms with van der Waals surface area (Å²) >= 11 is 0. The number of alkyl halides is 3. The third-order valence-electron chi connectivity index (χ3n) is 1.99. The van der Waals surface area contributed by atoms with Crippen LogP contribution in [0.1, 0.15) is 11.7 Å². The Bertz CT molecular complexity index is 390. The third-order valence-corrected chi connectivity index (χ3v) is 1.99. The molecule has 3 N–H and O–H groups in total. The number of nitrogens with two attached hydrogens (primary N) is 1. The molecule has 0 spiro atoms. The van der Waals surface area contributed by atoms with Crippen LogP contribution >= 0.6 is 0 Å². The van der Waals surface area contributed by atoms with Crippen LogP contribution in [-0.4, -0.2) is 29.4 Å². The Morgan fingerprint density at radius 1 is 1.71 bits per heavy atom. The lowest BCUT2D eigenvalue weighted by Gasteiger charge is -2.14. The number of aromatic nitrogens is 2. The summed E-state index contributed by atoms with van der Waals surface area (Å²) in [5.41, 5.74) is 0.755. The van der Waals surface area contributed by atoms with Crippen molar-refractivity contribution in [2.75, 3.05) is 13.7 Å². The van der Waals surface area contributed by atoms with Crippen LogP contribution in [0.5, 0.6) is 0 Å². The highest BCUT2D eigenvalue weighted by molar-refractivity contribution is 5.79. The quantitative estimate of drug-likeness (QED) is 0.451. The molecule has 9 heteroatoms. The zero-order chi connectivity index (χ0) is 13.1. The predicted molar refractivity (Wildman–Crippen MR) is 50.5 cm³/mol. The second-order valence-electron chi connectivity index (χ2n) is 3.16. The molecule has 0 aliphatic carbocycles. The molecule has 0 saturated heterocycles. The minimum Gasteiger partial charge on any atom is -0.382 e. The highest BCUT2D eigenvalue weighted by atomic mass is 19.4. The van der Waals surface area contributed by atoms with Crippen molar-refractivity contribution in [3.63, 3.8) is 0 Å². The second kappa shape index (κ2) is 5.15. The summed E-state index contributed by atoms with van der Waals surface area (Å²) < 4.78 is 42.5. The van der Waals surface area contributed by atoms with Gasteiger partial charge in [0.05, 0.1) is 6.61 Å². The Morgan fingerprint density at radius 3 is 2.76 bits per heavy atom. The first-order valence-electron chi connectivity index (χ1n) is 4.52. The number of amides is 1. The van der Waals surface area contributed by atoms with Gasteiger partial charge in [-0.05, 0) is 6.07 Å². The molecule has 0 saturated carbocycles. The maximum atomic E-state index is 12.3. The van der Waals surface area contributed by atoms with Crippen molar-refractivity contribution in [3.05, 3.63) is 18.0 Å². The van der Waals surface area contributed by atoms with Gasteiger partial charge in [-0.25, -0.2) is 5.84 Å². The molecule has 0 aliphatic heterocycles. The van der Waals surface area contributed by atoms with E-state index in [1.54, 1.807) is 0 Å². The van der Waals surface area contributed by atoms with Crippen molar-refractivity contribution >= 4 is 5.91 Å². The second-order valence-corrected chi connectivity index (χ2v) is 3.16. The number of carbonyl (C=O) groups is 1. The predicted octanol–water partition coefficient (Wildman–Crippen LogP) is 0.0793. The number of nitrogens with zero attached hydrogens (tertiary/aromatic N) is 2. The molecule has 0 aliphatic rings. The van der Waals surface area contributed by atoms with Crippen molar-refractivity contribution in [3.8, 4) is 0 Å². The minimum atomic E-state index is -4.55. The monoisotopic (exact) mass is 252 g/mol. The Balaban J connectivity index is 2.96. The Morgan fingerprint density at radius 2 is 2.35 bits per heavy atom. The van der Waals surface area contributed by atoms with Gasteiger partial charge in [-0.15, -0.1) is 0 Å². The number of hydrogen-bond acceptors (Lipinski definition) is 4. The van der Waals surface area contributed by atoms with E-state index < -0.39 is 23.8 Å². The van der Waals surface area contributed by atoms with E-state index in [-0.39, 0.29) is 6.61 Å². The number of halogens is 3. The normalized spacial score (nSPS) is 13.5. The first-order valence-corrected chi connectivity index (χ1v) is 4.52. The van der Waals surface area contributed by atoms with Gasteiger partial charge in [0.1, 0.15) is 0 Å². The maximum absolute atomic E-state index is 12.3. The van der Waals surface area contributed by atoms with Gasteiger partial charge in [0.2, 0.25) is 0 Å². The van der Waals surface area contributed by atoms with Crippen LogP contribution in [0, 0.1) is 0 Å². The van der Waals surface area contributed by atoms with Crippen LogP contribution in [0.15, 0.2) is 12.3 Å². The van der Waals surface area contributed by atoms with Crippen LogP contribution in [0.25, 0.3) is 0 Å². The molecule has 1 amide bonds. The van der Waals surface area contributed by atoms with E-state index in [9.17, 15) is 18.0 Å². The van der Waals surface area contributed by atoms with Crippen molar-refractivity contribution in [1.29, 1.82) is 0 Å². The Labute approximate surface area is 94.5 Å². The smallest absolute Gasteiger partial charge is 0.382 e. The average Bonchev–Trinajstić information content (AvgIpc) is 2.73. The summed E-state index contributed by atoms with van der Waals surface area (Å²) in [6, 6.07) is -0.270. The molecular formula is C8H11F3N4O2. The summed E-state index contributed by atoms with van der Waals surface area (Å²) in [5, 5.41) is 3.26. The van der Waals surface area contributed by atoms with E-state index in [2.05, 4.69) is 5.10 Å². The molecule has 1 atom stereocenters. The van der Waals surface area contributed by atoms with E-state index in [0.717, 1.165) is 16.9 Å². The molecule has 1 heterocycles. The fourth-order valence-electron chi connectivity index (χ4n) is 1.19. The van der Waals surface area contributed by atoms with Crippen molar-refractivity contribution in [2.24, 2.45) is 5.84 Å². The summed E-state index contributed by atoms with van der Waals surface area (Å²) in [4.78, 5) is 11.3. The van der Waals surface area contributed by atoms with E-state index in [4.69, 9.17) is 10.6 Å². The molecule has 1 aromatic heterocycles. The Hall–Kier alpha value is -1.61. The number of hydrogen-bond donors (Lipinski definition) is 2. The van der Waals surface area contributed by atoms with Crippen LogP contribution < -0.4 is 11.3 Å². The fourth-order valence-corrected chi connectivity index (χ4v) is 1.19. The Kier molecular flexibility index (Phi) is 4.07. The summed E-state index contributed by atoms with van der Waals surface area (Å²) in [7, 11) is 1.31. The molecule has 0 aromatic carbocycles.